The van der Waals surface area contributed by atoms with Crippen LogP contribution in [0.2, 0.25) is 5.02 Å². The van der Waals surface area contributed by atoms with Crippen molar-refractivity contribution in [2.75, 3.05) is 0 Å². The van der Waals surface area contributed by atoms with E-state index in [-0.39, 0.29) is 98.6 Å². The average Bonchev–Trinajstić information content (AvgIpc) is 2.94. The molecular formula is C16H11ClCrN4Na2O8S2+3. The van der Waals surface area contributed by atoms with E-state index < -0.39 is 47.0 Å². The molecule has 1 heterocycles. The number of hydrogen-bond donors (Lipinski definition) is 2. The zero-order valence-electron chi connectivity index (χ0n) is 17.7. The van der Waals surface area contributed by atoms with Gasteiger partial charge >= 0.3 is 76.5 Å². The van der Waals surface area contributed by atoms with Gasteiger partial charge in [-0.1, -0.05) is 17.7 Å². The first-order chi connectivity index (χ1) is 14.3. The standard InChI is InChI=1S/C16H13ClN4O8S2.Cr.2Na/c1-8-14(19-18-12-5-9(17)6-13(15(12)22)31(27,28)29)16(23)21(20-8)10-3-2-4-11(7-10)30(24,25)26;;;/h2-7,20,22H,1H3,(H,24,25,26)(H,27,28,29);;;/q;+3;2*+1/p-2. The van der Waals surface area contributed by atoms with Crippen molar-refractivity contribution in [3.05, 3.63) is 57.5 Å². The number of benzene rings is 2. The Kier molecular flexibility index (Phi) is 12.5. The van der Waals surface area contributed by atoms with Crippen molar-refractivity contribution in [1.82, 2.24) is 9.78 Å². The summed E-state index contributed by atoms with van der Waals surface area (Å²) in [6, 6.07) is 6.44. The number of aryl methyl sites for hydroxylation is 1. The Balaban J connectivity index is 0.00000363. The molecule has 0 aliphatic carbocycles. The van der Waals surface area contributed by atoms with Crippen LogP contribution in [0.25, 0.3) is 5.69 Å². The molecule has 0 aliphatic rings. The molecule has 0 saturated heterocycles. The maximum absolute atomic E-state index is 12.7. The third kappa shape index (κ3) is 7.50. The van der Waals surface area contributed by atoms with E-state index >= 15 is 0 Å². The summed E-state index contributed by atoms with van der Waals surface area (Å²) < 4.78 is 68.2. The van der Waals surface area contributed by atoms with E-state index in [1.807, 2.05) is 0 Å². The van der Waals surface area contributed by atoms with Gasteiger partial charge in [0.25, 0.3) is 5.56 Å². The van der Waals surface area contributed by atoms with Crippen molar-refractivity contribution in [2.45, 2.75) is 16.7 Å². The number of rotatable bonds is 5. The molecule has 34 heavy (non-hydrogen) atoms. The van der Waals surface area contributed by atoms with Crippen LogP contribution in [0.4, 0.5) is 11.4 Å². The van der Waals surface area contributed by atoms with Crippen LogP contribution >= 0.6 is 11.6 Å². The van der Waals surface area contributed by atoms with Crippen molar-refractivity contribution >= 4 is 43.2 Å². The molecule has 18 heteroatoms. The van der Waals surface area contributed by atoms with Crippen LogP contribution in [-0.2, 0) is 37.6 Å². The van der Waals surface area contributed by atoms with E-state index in [1.165, 1.54) is 19.1 Å². The second-order valence-electron chi connectivity index (χ2n) is 6.10. The van der Waals surface area contributed by atoms with E-state index in [2.05, 4.69) is 15.3 Å². The molecule has 1 aromatic heterocycles. The van der Waals surface area contributed by atoms with Crippen LogP contribution < -0.4 is 64.7 Å². The van der Waals surface area contributed by atoms with Crippen LogP contribution in [0.1, 0.15) is 5.69 Å². The zero-order valence-corrected chi connectivity index (χ0v) is 25.4. The Morgan fingerprint density at radius 3 is 2.21 bits per heavy atom. The van der Waals surface area contributed by atoms with E-state index in [4.69, 9.17) is 11.6 Å². The molecule has 0 aliphatic heterocycles. The van der Waals surface area contributed by atoms with Crippen LogP contribution in [0.3, 0.4) is 0 Å². The molecule has 2 aromatic carbocycles. The molecule has 0 spiro atoms. The first-order valence-corrected chi connectivity index (χ1v) is 11.3. The minimum atomic E-state index is -5.06. The Morgan fingerprint density at radius 2 is 1.65 bits per heavy atom. The molecule has 0 bridgehead atoms. The summed E-state index contributed by atoms with van der Waals surface area (Å²) in [5.74, 6) is -0.995. The summed E-state index contributed by atoms with van der Waals surface area (Å²) >= 11 is 5.75. The summed E-state index contributed by atoms with van der Waals surface area (Å²) in [6.07, 6.45) is 0. The molecule has 167 valence electrons. The number of aromatic hydroxyl groups is 1. The van der Waals surface area contributed by atoms with Gasteiger partial charge in [-0.3, -0.25) is 9.89 Å². The van der Waals surface area contributed by atoms with Crippen molar-refractivity contribution in [1.29, 1.82) is 0 Å². The van der Waals surface area contributed by atoms with Crippen molar-refractivity contribution in [3.8, 4) is 11.4 Å². The van der Waals surface area contributed by atoms with Crippen LogP contribution in [0.5, 0.6) is 5.75 Å². The fourth-order valence-corrected chi connectivity index (χ4v) is 3.95. The SMILES string of the molecule is Cc1[nH]n(-c2cccc(S(=O)(=O)[O-])c2)c(=O)c1N=Nc1cc(Cl)cc(S(=O)(=O)[O-])c1O.[Cr+3].[Na+].[Na+]. The van der Waals surface area contributed by atoms with E-state index in [9.17, 15) is 35.8 Å². The predicted octanol–water partition coefficient (Wildman–Crippen LogP) is -3.94. The maximum atomic E-state index is 12.7. The number of H-pyrrole nitrogens is 1. The average molecular weight is 585 g/mol. The third-order valence-corrected chi connectivity index (χ3v) is 5.85. The minimum absolute atomic E-state index is 0. The molecule has 3 aromatic rings. The second-order valence-corrected chi connectivity index (χ2v) is 9.27. The molecule has 0 fully saturated rings. The van der Waals surface area contributed by atoms with Crippen LogP contribution in [-0.4, -0.2) is 40.8 Å². The van der Waals surface area contributed by atoms with Crippen molar-refractivity contribution in [3.63, 3.8) is 0 Å². The van der Waals surface area contributed by atoms with Gasteiger partial charge in [-0.05, 0) is 37.3 Å². The molecule has 0 atom stereocenters. The predicted molar refractivity (Wildman–Crippen MR) is 104 cm³/mol. The Morgan fingerprint density at radius 1 is 1.03 bits per heavy atom. The molecule has 0 unspecified atom stereocenters. The van der Waals surface area contributed by atoms with Gasteiger partial charge in [-0.25, -0.2) is 21.5 Å². The van der Waals surface area contributed by atoms with Gasteiger partial charge in [-0.2, -0.15) is 0 Å². The normalized spacial score (nSPS) is 11.4. The van der Waals surface area contributed by atoms with E-state index in [0.717, 1.165) is 28.9 Å². The molecule has 0 saturated carbocycles. The summed E-state index contributed by atoms with van der Waals surface area (Å²) in [6.45, 7) is 1.44. The maximum Gasteiger partial charge on any atom is 3.00 e. The second kappa shape index (κ2) is 12.6. The topological polar surface area (TPSA) is 197 Å². The monoisotopic (exact) mass is 584 g/mol. The Labute approximate surface area is 253 Å². The van der Waals surface area contributed by atoms with Gasteiger partial charge in [-0.15, -0.1) is 10.2 Å². The smallest absolute Gasteiger partial charge is 0.744 e. The zero-order chi connectivity index (χ0) is 23.1. The van der Waals surface area contributed by atoms with Crippen molar-refractivity contribution < 1.29 is 108 Å². The first-order valence-electron chi connectivity index (χ1n) is 8.07. The molecule has 0 amide bonds. The number of azo groups is 1. The molecule has 2 N–H and O–H groups in total. The molecule has 3 rings (SSSR count). The number of nitrogens with one attached hydrogen (secondary N) is 1. The molecule has 12 nitrogen and oxygen atoms in total. The third-order valence-electron chi connectivity index (χ3n) is 3.95. The summed E-state index contributed by atoms with van der Waals surface area (Å²) in [5, 5.41) is 19.7. The number of hydrogen-bond acceptors (Lipinski definition) is 10. The van der Waals surface area contributed by atoms with Gasteiger partial charge in [0.05, 0.1) is 21.2 Å². The number of halogens is 1. The van der Waals surface area contributed by atoms with Crippen LogP contribution in [0.15, 0.2) is 61.2 Å². The fourth-order valence-electron chi connectivity index (χ4n) is 2.55. The molecule has 1 radical (unpaired) electrons. The fraction of sp³-hybridized carbons (Fsp3) is 0.0625. The minimum Gasteiger partial charge on any atom is -0.744 e. The molecular weight excluding hydrogens is 574 g/mol. The van der Waals surface area contributed by atoms with Gasteiger partial charge in [0, 0.05) is 5.02 Å². The number of nitrogens with zero attached hydrogens (tertiary/aromatic N) is 3. The van der Waals surface area contributed by atoms with E-state index in [0.29, 0.717) is 0 Å². The van der Waals surface area contributed by atoms with E-state index in [1.54, 1.807) is 0 Å². The quantitative estimate of drug-likeness (QED) is 0.172. The first kappa shape index (κ1) is 33.5. The Hall–Kier alpha value is -0.508. The van der Waals surface area contributed by atoms with Crippen molar-refractivity contribution in [2.24, 2.45) is 10.2 Å². The van der Waals surface area contributed by atoms with Crippen LogP contribution in [0, 0.1) is 6.92 Å². The summed E-state index contributed by atoms with van der Waals surface area (Å²) in [4.78, 5) is 11.1. The summed E-state index contributed by atoms with van der Waals surface area (Å²) in [5.41, 5.74) is -1.35. The van der Waals surface area contributed by atoms with Gasteiger partial charge < -0.3 is 14.2 Å². The van der Waals surface area contributed by atoms with Gasteiger partial charge in [0.1, 0.15) is 25.9 Å². The largest absolute Gasteiger partial charge is 3.00 e. The number of aromatic nitrogens is 2. The number of aromatic amines is 1. The Bertz CT molecular complexity index is 1510. The number of phenolic OH excluding ortho intramolecular Hbond substituents is 1. The van der Waals surface area contributed by atoms with Gasteiger partial charge in [0.2, 0.25) is 0 Å². The van der Waals surface area contributed by atoms with Gasteiger partial charge in [0.15, 0.2) is 11.4 Å². The summed E-state index contributed by atoms with van der Waals surface area (Å²) in [7, 11) is -9.82. The number of phenols is 1.